The fraction of sp³-hybridized carbons (Fsp3) is 0.367. The number of nitrogens with zero attached hydrogens (tertiary/aromatic N) is 2. The van der Waals surface area contributed by atoms with Crippen molar-refractivity contribution in [3.05, 3.63) is 93.2 Å². The maximum Gasteiger partial charge on any atom is 0.293 e. The van der Waals surface area contributed by atoms with Gasteiger partial charge in [-0.1, -0.05) is 36.1 Å². The molecule has 3 atom stereocenters. The van der Waals surface area contributed by atoms with E-state index in [4.69, 9.17) is 11.6 Å². The lowest BCUT2D eigenvalue weighted by molar-refractivity contribution is -0.123. The number of carbonyl (C=O) groups is 1. The van der Waals surface area contributed by atoms with Gasteiger partial charge in [0, 0.05) is 36.6 Å². The SMILES string of the molecule is O=C(NCC(F)F)C(Cc1ccc(C#Cc2ccc(CN3CC4C(CCl)C4C3)cc2)cc1)c1nc[nH]c(=O)c1O. The number of hydrogen-bond donors (Lipinski definition) is 3. The molecule has 2 heterocycles. The van der Waals surface area contributed by atoms with Crippen molar-refractivity contribution in [2.24, 2.45) is 17.8 Å². The van der Waals surface area contributed by atoms with Crippen LogP contribution in [0.5, 0.6) is 5.75 Å². The molecule has 0 bridgehead atoms. The Balaban J connectivity index is 1.21. The monoisotopic (exact) mass is 566 g/mol. The number of fused-ring (bicyclic) bond motifs is 1. The molecule has 10 heteroatoms. The van der Waals surface area contributed by atoms with Crippen LogP contribution in [0.25, 0.3) is 0 Å². The topological polar surface area (TPSA) is 98.3 Å². The van der Waals surface area contributed by atoms with Crippen LogP contribution in [0.1, 0.15) is 33.9 Å². The number of aromatic amines is 1. The zero-order valence-electron chi connectivity index (χ0n) is 21.6. The molecule has 2 aromatic carbocycles. The zero-order chi connectivity index (χ0) is 28.2. The van der Waals surface area contributed by atoms with Crippen molar-refractivity contribution in [3.63, 3.8) is 0 Å². The van der Waals surface area contributed by atoms with Crippen LogP contribution in [0, 0.1) is 29.6 Å². The lowest BCUT2D eigenvalue weighted by atomic mass is 9.94. The molecule has 1 aliphatic carbocycles. The summed E-state index contributed by atoms with van der Waals surface area (Å²) in [6, 6.07) is 15.4. The van der Waals surface area contributed by atoms with E-state index in [-0.39, 0.29) is 12.1 Å². The highest BCUT2D eigenvalue weighted by Crippen LogP contribution is 2.52. The molecular weight excluding hydrogens is 538 g/mol. The Bertz CT molecular complexity index is 1460. The Labute approximate surface area is 235 Å². The van der Waals surface area contributed by atoms with Crippen molar-refractivity contribution < 1.29 is 18.7 Å². The number of aromatic hydroxyl groups is 1. The van der Waals surface area contributed by atoms with E-state index in [2.05, 4.69) is 44.2 Å². The van der Waals surface area contributed by atoms with Crippen LogP contribution in [0.2, 0.25) is 0 Å². The molecular formula is C30H29ClF2N4O3. The van der Waals surface area contributed by atoms with Crippen molar-refractivity contribution in [2.45, 2.75) is 25.3 Å². The summed E-state index contributed by atoms with van der Waals surface area (Å²) < 4.78 is 25.3. The molecule has 1 saturated carbocycles. The Morgan fingerprint density at radius 1 is 1.07 bits per heavy atom. The standard InChI is InChI=1S/C30H29ClF2N4O3/c31-12-23-24-15-37(16-25(23)24)14-21-9-5-19(6-10-21)2-1-18-3-7-20(8-4-18)11-22(29(39)34-13-26(32)33)27-28(38)30(40)36-17-35-27/h3-10,17,22-26,38H,11-16H2,(H,34,39)(H,35,36,40). The number of amides is 1. The molecule has 1 aromatic heterocycles. The average Bonchev–Trinajstić information content (AvgIpc) is 3.44. The molecule has 3 unspecified atom stereocenters. The Morgan fingerprint density at radius 2 is 1.68 bits per heavy atom. The lowest BCUT2D eigenvalue weighted by Crippen LogP contribution is -2.34. The summed E-state index contributed by atoms with van der Waals surface area (Å²) in [5.41, 5.74) is 2.60. The molecule has 2 aliphatic rings. The Morgan fingerprint density at radius 3 is 2.25 bits per heavy atom. The second-order valence-electron chi connectivity index (χ2n) is 10.3. The number of nitrogens with one attached hydrogen (secondary N) is 2. The molecule has 1 aliphatic heterocycles. The van der Waals surface area contributed by atoms with Gasteiger partial charge in [0.25, 0.3) is 12.0 Å². The largest absolute Gasteiger partial charge is 0.502 e. The molecule has 0 radical (unpaired) electrons. The average molecular weight is 567 g/mol. The van der Waals surface area contributed by atoms with Crippen molar-refractivity contribution in [2.75, 3.05) is 25.5 Å². The van der Waals surface area contributed by atoms with Crippen molar-refractivity contribution in [1.29, 1.82) is 0 Å². The summed E-state index contributed by atoms with van der Waals surface area (Å²) in [5, 5.41) is 12.3. The van der Waals surface area contributed by atoms with E-state index in [1.165, 1.54) is 5.56 Å². The van der Waals surface area contributed by atoms with Gasteiger partial charge in [0.1, 0.15) is 5.69 Å². The van der Waals surface area contributed by atoms with E-state index < -0.39 is 36.1 Å². The minimum Gasteiger partial charge on any atom is -0.502 e. The molecule has 0 spiro atoms. The summed E-state index contributed by atoms with van der Waals surface area (Å²) >= 11 is 6.00. The minimum atomic E-state index is -2.74. The highest BCUT2D eigenvalue weighted by Gasteiger charge is 2.54. The van der Waals surface area contributed by atoms with E-state index in [1.54, 1.807) is 24.3 Å². The first kappa shape index (κ1) is 27.8. The third kappa shape index (κ3) is 6.52. The number of likely N-dealkylation sites (tertiary alicyclic amines) is 1. The second kappa shape index (κ2) is 12.2. The number of carbonyl (C=O) groups excluding carboxylic acids is 1. The molecule has 5 rings (SSSR count). The first-order valence-electron chi connectivity index (χ1n) is 13.1. The fourth-order valence-electron chi connectivity index (χ4n) is 5.43. The van der Waals surface area contributed by atoms with Crippen LogP contribution >= 0.6 is 11.6 Å². The van der Waals surface area contributed by atoms with E-state index in [9.17, 15) is 23.5 Å². The van der Waals surface area contributed by atoms with E-state index in [0.717, 1.165) is 54.8 Å². The van der Waals surface area contributed by atoms with Gasteiger partial charge < -0.3 is 15.4 Å². The van der Waals surface area contributed by atoms with Gasteiger partial charge in [-0.05, 0) is 59.6 Å². The van der Waals surface area contributed by atoms with Gasteiger partial charge in [-0.2, -0.15) is 0 Å². The summed E-state index contributed by atoms with van der Waals surface area (Å²) in [5.74, 6) is 6.71. The van der Waals surface area contributed by atoms with Gasteiger partial charge >= 0.3 is 0 Å². The number of hydrogen-bond acceptors (Lipinski definition) is 5. The smallest absolute Gasteiger partial charge is 0.293 e. The van der Waals surface area contributed by atoms with Crippen LogP contribution < -0.4 is 10.9 Å². The van der Waals surface area contributed by atoms with E-state index in [0.29, 0.717) is 11.5 Å². The summed E-state index contributed by atoms with van der Waals surface area (Å²) in [4.78, 5) is 33.1. The molecule has 1 amide bonds. The number of H-pyrrole nitrogens is 1. The number of alkyl halides is 3. The Hall–Kier alpha value is -3.74. The molecule has 3 aromatic rings. The first-order valence-corrected chi connectivity index (χ1v) is 13.7. The second-order valence-corrected chi connectivity index (χ2v) is 10.7. The number of aromatic nitrogens is 2. The Kier molecular flexibility index (Phi) is 8.48. The zero-order valence-corrected chi connectivity index (χ0v) is 22.4. The maximum absolute atomic E-state index is 12.7. The molecule has 1 saturated heterocycles. The van der Waals surface area contributed by atoms with Gasteiger partial charge in [-0.25, -0.2) is 13.8 Å². The molecule has 7 nitrogen and oxygen atoms in total. The molecule has 208 valence electrons. The highest BCUT2D eigenvalue weighted by molar-refractivity contribution is 6.18. The van der Waals surface area contributed by atoms with Gasteiger partial charge in [0.2, 0.25) is 11.7 Å². The van der Waals surface area contributed by atoms with Gasteiger partial charge in [-0.3, -0.25) is 14.5 Å². The molecule has 3 N–H and O–H groups in total. The summed E-state index contributed by atoms with van der Waals surface area (Å²) in [7, 11) is 0. The van der Waals surface area contributed by atoms with Crippen LogP contribution in [-0.4, -0.2) is 57.8 Å². The summed E-state index contributed by atoms with van der Waals surface area (Å²) in [6.07, 6.45) is -1.64. The number of piperidine rings is 1. The number of benzene rings is 2. The first-order chi connectivity index (χ1) is 19.3. The van der Waals surface area contributed by atoms with E-state index >= 15 is 0 Å². The maximum atomic E-state index is 12.7. The van der Waals surface area contributed by atoms with Gasteiger partial charge in [0.05, 0.1) is 18.8 Å². The van der Waals surface area contributed by atoms with Crippen LogP contribution in [0.3, 0.4) is 0 Å². The third-order valence-electron chi connectivity index (χ3n) is 7.66. The lowest BCUT2D eigenvalue weighted by Gasteiger charge is -2.18. The molecule has 40 heavy (non-hydrogen) atoms. The third-order valence-corrected chi connectivity index (χ3v) is 8.02. The van der Waals surface area contributed by atoms with Gasteiger partial charge in [-0.15, -0.1) is 11.6 Å². The minimum absolute atomic E-state index is 0.0410. The fourth-order valence-corrected chi connectivity index (χ4v) is 5.88. The quantitative estimate of drug-likeness (QED) is 0.272. The normalized spacial score (nSPS) is 20.4. The van der Waals surface area contributed by atoms with Crippen molar-refractivity contribution >= 4 is 17.5 Å². The molecule has 2 fully saturated rings. The van der Waals surface area contributed by atoms with Crippen molar-refractivity contribution in [3.8, 4) is 17.6 Å². The summed E-state index contributed by atoms with van der Waals surface area (Å²) in [6.45, 7) is 2.34. The van der Waals surface area contributed by atoms with Crippen LogP contribution in [0.15, 0.2) is 59.7 Å². The van der Waals surface area contributed by atoms with E-state index in [1.807, 2.05) is 12.1 Å². The number of rotatable bonds is 9. The van der Waals surface area contributed by atoms with Crippen LogP contribution in [0.4, 0.5) is 8.78 Å². The van der Waals surface area contributed by atoms with Crippen molar-refractivity contribution in [1.82, 2.24) is 20.2 Å². The van der Waals surface area contributed by atoms with Gasteiger partial charge in [0.15, 0.2) is 0 Å². The number of halogens is 3. The van der Waals surface area contributed by atoms with Crippen LogP contribution in [-0.2, 0) is 17.8 Å². The predicted octanol–water partition coefficient (Wildman–Crippen LogP) is 3.50. The highest BCUT2D eigenvalue weighted by atomic mass is 35.5. The predicted molar refractivity (Wildman–Crippen MR) is 147 cm³/mol.